The Bertz CT molecular complexity index is 512. The number of para-hydroxylation sites is 1. The van der Waals surface area contributed by atoms with Gasteiger partial charge in [-0.3, -0.25) is 0 Å². The number of nitrogens with one attached hydrogen (secondary N) is 1. The van der Waals surface area contributed by atoms with Crippen LogP contribution < -0.4 is 10.1 Å². The molecule has 0 spiro atoms. The van der Waals surface area contributed by atoms with E-state index in [0.717, 1.165) is 18.8 Å². The molecule has 2 heterocycles. The Morgan fingerprint density at radius 2 is 2.39 bits per heavy atom. The first-order valence-corrected chi connectivity index (χ1v) is 7.04. The summed E-state index contributed by atoms with van der Waals surface area (Å²) < 4.78 is 5.76. The number of aromatic nitrogens is 1. The van der Waals surface area contributed by atoms with Gasteiger partial charge >= 0.3 is 0 Å². The van der Waals surface area contributed by atoms with Crippen molar-refractivity contribution in [3.8, 4) is 5.75 Å². The van der Waals surface area contributed by atoms with E-state index in [4.69, 9.17) is 4.74 Å². The first-order valence-electron chi connectivity index (χ1n) is 6.16. The zero-order valence-corrected chi connectivity index (χ0v) is 11.1. The second kappa shape index (κ2) is 5.08. The highest BCUT2D eigenvalue weighted by molar-refractivity contribution is 7.09. The summed E-state index contributed by atoms with van der Waals surface area (Å²) in [6.07, 6.45) is 2.82. The molecule has 1 aliphatic rings. The monoisotopic (exact) mass is 260 g/mol. The van der Waals surface area contributed by atoms with Gasteiger partial charge in [0.25, 0.3) is 0 Å². The fourth-order valence-corrected chi connectivity index (χ4v) is 3.18. The number of hydrogen-bond acceptors (Lipinski definition) is 4. The van der Waals surface area contributed by atoms with E-state index in [0.29, 0.717) is 12.0 Å². The van der Waals surface area contributed by atoms with Crippen molar-refractivity contribution in [3.05, 3.63) is 46.4 Å². The van der Waals surface area contributed by atoms with Gasteiger partial charge in [-0.1, -0.05) is 18.2 Å². The zero-order chi connectivity index (χ0) is 12.4. The summed E-state index contributed by atoms with van der Waals surface area (Å²) in [6.45, 7) is 0.760. The number of fused-ring (bicyclic) bond motifs is 1. The smallest absolute Gasteiger partial charge is 0.122 e. The summed E-state index contributed by atoms with van der Waals surface area (Å²) in [7, 11) is 2.01. The molecule has 0 fully saturated rings. The van der Waals surface area contributed by atoms with E-state index < -0.39 is 0 Å². The Hall–Kier alpha value is -1.39. The van der Waals surface area contributed by atoms with E-state index in [-0.39, 0.29) is 0 Å². The van der Waals surface area contributed by atoms with Crippen molar-refractivity contribution in [2.24, 2.45) is 0 Å². The van der Waals surface area contributed by atoms with Crippen LogP contribution in [0.1, 0.15) is 16.5 Å². The summed E-state index contributed by atoms with van der Waals surface area (Å²) in [5, 5.41) is 6.62. The van der Waals surface area contributed by atoms with Crippen LogP contribution >= 0.6 is 11.3 Å². The highest BCUT2D eigenvalue weighted by atomic mass is 32.1. The quantitative estimate of drug-likeness (QED) is 0.917. The summed E-state index contributed by atoms with van der Waals surface area (Å²) in [5.41, 5.74) is 1.31. The van der Waals surface area contributed by atoms with Crippen LogP contribution in [0.5, 0.6) is 5.75 Å². The second-order valence-corrected chi connectivity index (χ2v) is 5.46. The number of benzene rings is 1. The van der Waals surface area contributed by atoms with Gasteiger partial charge in [-0.05, 0) is 13.1 Å². The van der Waals surface area contributed by atoms with Crippen LogP contribution in [0.4, 0.5) is 0 Å². The average Bonchev–Trinajstić information content (AvgIpc) is 3.05. The Kier molecular flexibility index (Phi) is 3.30. The predicted molar refractivity (Wildman–Crippen MR) is 73.3 cm³/mol. The lowest BCUT2D eigenvalue weighted by atomic mass is 9.91. The summed E-state index contributed by atoms with van der Waals surface area (Å²) in [6, 6.07) is 8.69. The number of ether oxygens (including phenoxy) is 1. The Labute approximate surface area is 111 Å². The van der Waals surface area contributed by atoms with Gasteiger partial charge < -0.3 is 10.1 Å². The third-order valence-corrected chi connectivity index (χ3v) is 4.27. The Morgan fingerprint density at radius 1 is 1.50 bits per heavy atom. The van der Waals surface area contributed by atoms with Gasteiger partial charge in [-0.15, -0.1) is 11.3 Å². The lowest BCUT2D eigenvalue weighted by Crippen LogP contribution is -2.35. The number of rotatable bonds is 4. The van der Waals surface area contributed by atoms with Crippen LogP contribution in [0.2, 0.25) is 0 Å². The Morgan fingerprint density at radius 3 is 3.17 bits per heavy atom. The van der Waals surface area contributed by atoms with Crippen LogP contribution in [0.25, 0.3) is 0 Å². The van der Waals surface area contributed by atoms with Crippen molar-refractivity contribution >= 4 is 11.3 Å². The number of nitrogens with zero attached hydrogens (tertiary/aromatic N) is 1. The molecule has 2 atom stereocenters. The molecule has 1 aromatic carbocycles. The van der Waals surface area contributed by atoms with Crippen molar-refractivity contribution in [3.63, 3.8) is 0 Å². The highest BCUT2D eigenvalue weighted by Gasteiger charge is 2.30. The zero-order valence-electron chi connectivity index (χ0n) is 10.3. The average molecular weight is 260 g/mol. The summed E-state index contributed by atoms with van der Waals surface area (Å²) in [5.74, 6) is 1.44. The molecule has 4 heteroatoms. The van der Waals surface area contributed by atoms with E-state index in [9.17, 15) is 0 Å². The van der Waals surface area contributed by atoms with Gasteiger partial charge in [0.15, 0.2) is 0 Å². The lowest BCUT2D eigenvalue weighted by Gasteiger charge is -2.21. The van der Waals surface area contributed by atoms with Crippen LogP contribution in [-0.4, -0.2) is 24.7 Å². The lowest BCUT2D eigenvalue weighted by molar-refractivity contribution is 0.302. The maximum atomic E-state index is 5.76. The van der Waals surface area contributed by atoms with E-state index in [2.05, 4.69) is 22.4 Å². The topological polar surface area (TPSA) is 34.2 Å². The van der Waals surface area contributed by atoms with Gasteiger partial charge in [0.05, 0.1) is 11.6 Å². The van der Waals surface area contributed by atoms with Crippen molar-refractivity contribution in [1.29, 1.82) is 0 Å². The van der Waals surface area contributed by atoms with E-state index in [1.165, 1.54) is 10.6 Å². The molecule has 0 amide bonds. The van der Waals surface area contributed by atoms with Crippen LogP contribution in [0.3, 0.4) is 0 Å². The molecule has 18 heavy (non-hydrogen) atoms. The molecule has 0 saturated heterocycles. The molecule has 1 aliphatic heterocycles. The van der Waals surface area contributed by atoms with Crippen LogP contribution in [0.15, 0.2) is 35.8 Å². The number of thiazole rings is 1. The molecule has 0 aliphatic carbocycles. The minimum Gasteiger partial charge on any atom is -0.493 e. The molecule has 3 nitrogen and oxygen atoms in total. The number of likely N-dealkylation sites (N-methyl/N-ethyl adjacent to an activating group) is 1. The van der Waals surface area contributed by atoms with Gasteiger partial charge in [-0.25, -0.2) is 4.98 Å². The third kappa shape index (κ3) is 2.13. The van der Waals surface area contributed by atoms with Gasteiger partial charge in [0.1, 0.15) is 5.75 Å². The van der Waals surface area contributed by atoms with Crippen molar-refractivity contribution < 1.29 is 4.74 Å². The molecular formula is C14H16N2OS. The standard InChI is InChI=1S/C14H16N2OS/c1-15-12(8-14-16-6-7-18-14)11-9-17-13-5-3-2-4-10(11)13/h2-7,11-12,15H,8-9H2,1H3. The van der Waals surface area contributed by atoms with Gasteiger partial charge in [-0.2, -0.15) is 0 Å². The number of hydrogen-bond donors (Lipinski definition) is 1. The molecule has 2 unspecified atom stereocenters. The molecule has 1 aromatic heterocycles. The second-order valence-electron chi connectivity index (χ2n) is 4.48. The minimum absolute atomic E-state index is 0.375. The molecule has 0 radical (unpaired) electrons. The molecule has 94 valence electrons. The van der Waals surface area contributed by atoms with Gasteiger partial charge in [0, 0.05) is 35.5 Å². The van der Waals surface area contributed by atoms with E-state index in [1.807, 2.05) is 30.8 Å². The van der Waals surface area contributed by atoms with E-state index >= 15 is 0 Å². The first-order chi connectivity index (χ1) is 8.88. The van der Waals surface area contributed by atoms with Crippen molar-refractivity contribution in [1.82, 2.24) is 10.3 Å². The Balaban J connectivity index is 1.81. The van der Waals surface area contributed by atoms with E-state index in [1.54, 1.807) is 11.3 Å². The highest BCUT2D eigenvalue weighted by Crippen LogP contribution is 2.36. The maximum Gasteiger partial charge on any atom is 0.122 e. The van der Waals surface area contributed by atoms with Crippen LogP contribution in [0, 0.1) is 0 Å². The molecule has 3 rings (SSSR count). The fourth-order valence-electron chi connectivity index (χ4n) is 2.51. The predicted octanol–water partition coefficient (Wildman–Crippen LogP) is 2.45. The van der Waals surface area contributed by atoms with Gasteiger partial charge in [0.2, 0.25) is 0 Å². The van der Waals surface area contributed by atoms with Crippen LogP contribution in [-0.2, 0) is 6.42 Å². The largest absolute Gasteiger partial charge is 0.493 e. The summed E-state index contributed by atoms with van der Waals surface area (Å²) in [4.78, 5) is 4.37. The molecule has 0 saturated carbocycles. The molecule has 0 bridgehead atoms. The third-order valence-electron chi connectivity index (χ3n) is 3.47. The molecular weight excluding hydrogens is 244 g/mol. The first kappa shape index (κ1) is 11.7. The summed E-state index contributed by atoms with van der Waals surface area (Å²) >= 11 is 1.71. The molecule has 2 aromatic rings. The minimum atomic E-state index is 0.375. The fraction of sp³-hybridized carbons (Fsp3) is 0.357. The van der Waals surface area contributed by atoms with Crippen molar-refractivity contribution in [2.45, 2.75) is 18.4 Å². The molecule has 1 N–H and O–H groups in total. The van der Waals surface area contributed by atoms with Crippen molar-refractivity contribution in [2.75, 3.05) is 13.7 Å². The SMILES string of the molecule is CNC(Cc1nccs1)C1COc2ccccc21. The maximum absolute atomic E-state index is 5.76. The normalized spacial score (nSPS) is 19.3.